The minimum Gasteiger partial charge on any atom is -0.348 e. The van der Waals surface area contributed by atoms with Crippen LogP contribution in [0.3, 0.4) is 0 Å². The molecule has 0 fully saturated rings. The zero-order chi connectivity index (χ0) is 24.8. The molecule has 0 spiro atoms. The minimum absolute atomic E-state index is 0.104. The summed E-state index contributed by atoms with van der Waals surface area (Å²) in [5.41, 5.74) is -1.09. The van der Waals surface area contributed by atoms with Gasteiger partial charge in [-0.25, -0.2) is 4.79 Å². The van der Waals surface area contributed by atoms with Gasteiger partial charge in [0.15, 0.2) is 0 Å². The molecule has 2 N–H and O–H groups in total. The fraction of sp³-hybridized carbons (Fsp3) is 0.474. The molecule has 14 heteroatoms. The molecule has 182 valence electrons. The number of nitrogens with one attached hydrogen (secondary N) is 2. The number of alkyl halides is 6. The number of hydrogen-bond acceptors (Lipinski definition) is 4. The third-order valence-electron chi connectivity index (χ3n) is 4.63. The first-order valence-electron chi connectivity index (χ1n) is 9.75. The summed E-state index contributed by atoms with van der Waals surface area (Å²) in [6.45, 7) is -1.59. The Morgan fingerprint density at radius 1 is 0.939 bits per heavy atom. The number of halogens is 6. The van der Waals surface area contributed by atoms with E-state index < -0.39 is 55.1 Å². The Morgan fingerprint density at radius 2 is 1.58 bits per heavy atom. The summed E-state index contributed by atoms with van der Waals surface area (Å²) < 4.78 is 75.8. The van der Waals surface area contributed by atoms with Crippen LogP contribution >= 0.6 is 0 Å². The number of rotatable bonds is 9. The SMILES string of the molecule is O=C(NCCCCN(CCCn1c(=O)[nH]c2ccccc2c1=O)C(=O)C(F)(F)F)C(F)(F)F. The molecule has 1 aromatic carbocycles. The summed E-state index contributed by atoms with van der Waals surface area (Å²) in [5.74, 6) is -4.32. The summed E-state index contributed by atoms with van der Waals surface area (Å²) in [6.07, 6.45) is -10.6. The van der Waals surface area contributed by atoms with E-state index in [1.807, 2.05) is 0 Å². The van der Waals surface area contributed by atoms with Gasteiger partial charge in [0.2, 0.25) is 0 Å². The zero-order valence-corrected chi connectivity index (χ0v) is 17.1. The lowest BCUT2D eigenvalue weighted by Crippen LogP contribution is -2.43. The van der Waals surface area contributed by atoms with Crippen molar-refractivity contribution in [3.8, 4) is 0 Å². The van der Waals surface area contributed by atoms with Crippen LogP contribution in [-0.2, 0) is 16.1 Å². The molecule has 0 unspecified atom stereocenters. The maximum atomic E-state index is 12.9. The molecule has 0 aliphatic heterocycles. The van der Waals surface area contributed by atoms with E-state index in [1.54, 1.807) is 17.4 Å². The number of carbonyl (C=O) groups excluding carboxylic acids is 2. The molecule has 1 heterocycles. The van der Waals surface area contributed by atoms with Gasteiger partial charge in [0.05, 0.1) is 10.9 Å². The number of nitrogens with zero attached hydrogens (tertiary/aromatic N) is 2. The molecule has 0 saturated heterocycles. The Hall–Kier alpha value is -3.32. The highest BCUT2D eigenvalue weighted by molar-refractivity contribution is 5.82. The lowest BCUT2D eigenvalue weighted by Gasteiger charge is -2.24. The van der Waals surface area contributed by atoms with Crippen LogP contribution in [0.25, 0.3) is 10.9 Å². The van der Waals surface area contributed by atoms with Gasteiger partial charge in [0.1, 0.15) is 0 Å². The standard InChI is InChI=1S/C19H20F6N4O4/c20-18(21,22)15(31)26-8-3-4-9-28(16(32)19(23,24)25)10-5-11-29-14(30)12-6-1-2-7-13(12)27-17(29)33/h1-2,6-7H,3-5,8-11H2,(H,26,31)(H,27,33). The van der Waals surface area contributed by atoms with E-state index in [0.29, 0.717) is 10.4 Å². The zero-order valence-electron chi connectivity index (χ0n) is 17.1. The Bertz CT molecular complexity index is 1110. The molecular formula is C19H20F6N4O4. The highest BCUT2D eigenvalue weighted by atomic mass is 19.4. The fourth-order valence-electron chi connectivity index (χ4n) is 3.05. The summed E-state index contributed by atoms with van der Waals surface area (Å²) in [7, 11) is 0. The van der Waals surface area contributed by atoms with E-state index in [0.717, 1.165) is 4.57 Å². The third-order valence-corrected chi connectivity index (χ3v) is 4.63. The van der Waals surface area contributed by atoms with Crippen molar-refractivity contribution in [1.82, 2.24) is 19.8 Å². The number of benzene rings is 1. The molecule has 8 nitrogen and oxygen atoms in total. The van der Waals surface area contributed by atoms with Crippen molar-refractivity contribution in [3.05, 3.63) is 45.1 Å². The van der Waals surface area contributed by atoms with Crippen LogP contribution in [0.4, 0.5) is 26.3 Å². The largest absolute Gasteiger partial charge is 0.471 e. The molecule has 0 saturated carbocycles. The van der Waals surface area contributed by atoms with Gasteiger partial charge in [-0.15, -0.1) is 0 Å². The highest BCUT2D eigenvalue weighted by Gasteiger charge is 2.42. The van der Waals surface area contributed by atoms with E-state index in [4.69, 9.17) is 0 Å². The van der Waals surface area contributed by atoms with Crippen molar-refractivity contribution in [1.29, 1.82) is 0 Å². The smallest absolute Gasteiger partial charge is 0.348 e. The molecule has 0 radical (unpaired) electrons. The van der Waals surface area contributed by atoms with E-state index in [-0.39, 0.29) is 31.2 Å². The molecule has 2 rings (SSSR count). The van der Waals surface area contributed by atoms with Gasteiger partial charge in [-0.3, -0.25) is 19.0 Å². The molecule has 2 amide bonds. The number of H-pyrrole nitrogens is 1. The fourth-order valence-corrected chi connectivity index (χ4v) is 3.05. The Balaban J connectivity index is 1.98. The molecule has 0 bridgehead atoms. The molecule has 2 aromatic rings. The van der Waals surface area contributed by atoms with E-state index in [9.17, 15) is 45.5 Å². The molecule has 0 atom stereocenters. The van der Waals surface area contributed by atoms with Crippen LogP contribution < -0.4 is 16.6 Å². The van der Waals surface area contributed by atoms with Crippen LogP contribution in [-0.4, -0.2) is 58.3 Å². The van der Waals surface area contributed by atoms with Crippen molar-refractivity contribution >= 4 is 22.7 Å². The monoisotopic (exact) mass is 482 g/mol. The van der Waals surface area contributed by atoms with Gasteiger partial charge in [0, 0.05) is 26.2 Å². The van der Waals surface area contributed by atoms with Crippen molar-refractivity contribution in [2.45, 2.75) is 38.2 Å². The highest BCUT2D eigenvalue weighted by Crippen LogP contribution is 2.19. The van der Waals surface area contributed by atoms with E-state index in [2.05, 4.69) is 4.98 Å². The van der Waals surface area contributed by atoms with Gasteiger partial charge >= 0.3 is 29.9 Å². The number of amides is 2. The second-order valence-corrected chi connectivity index (χ2v) is 7.04. The van der Waals surface area contributed by atoms with E-state index in [1.165, 1.54) is 12.1 Å². The van der Waals surface area contributed by atoms with E-state index >= 15 is 0 Å². The van der Waals surface area contributed by atoms with Crippen molar-refractivity contribution in [2.24, 2.45) is 0 Å². The number of unbranched alkanes of at least 4 members (excludes halogenated alkanes) is 1. The lowest BCUT2D eigenvalue weighted by molar-refractivity contribution is -0.185. The second-order valence-electron chi connectivity index (χ2n) is 7.04. The summed E-state index contributed by atoms with van der Waals surface area (Å²) in [5, 5.41) is 1.79. The van der Waals surface area contributed by atoms with Crippen molar-refractivity contribution < 1.29 is 35.9 Å². The number of carbonyl (C=O) groups is 2. The number of fused-ring (bicyclic) bond motifs is 1. The van der Waals surface area contributed by atoms with Gasteiger partial charge in [-0.2, -0.15) is 26.3 Å². The molecule has 33 heavy (non-hydrogen) atoms. The Kier molecular flexibility index (Phi) is 8.28. The quantitative estimate of drug-likeness (QED) is 0.421. The third kappa shape index (κ3) is 7.08. The average molecular weight is 482 g/mol. The number of para-hydroxylation sites is 1. The predicted octanol–water partition coefficient (Wildman–Crippen LogP) is 1.93. The normalized spacial score (nSPS) is 12.1. The average Bonchev–Trinajstić information content (AvgIpc) is 2.72. The second kappa shape index (κ2) is 10.5. The molecule has 0 aliphatic carbocycles. The number of hydrogen-bond donors (Lipinski definition) is 2. The number of aromatic nitrogens is 2. The topological polar surface area (TPSA) is 104 Å². The lowest BCUT2D eigenvalue weighted by atomic mass is 10.2. The maximum Gasteiger partial charge on any atom is 0.471 e. The summed E-state index contributed by atoms with van der Waals surface area (Å²) >= 11 is 0. The first kappa shape index (κ1) is 25.9. The van der Waals surface area contributed by atoms with Gasteiger partial charge in [0.25, 0.3) is 5.56 Å². The molecule has 1 aromatic heterocycles. The Morgan fingerprint density at radius 3 is 2.21 bits per heavy atom. The Labute approximate surface area is 182 Å². The summed E-state index contributed by atoms with van der Waals surface area (Å²) in [4.78, 5) is 49.9. The minimum atomic E-state index is -5.18. The van der Waals surface area contributed by atoms with Crippen LogP contribution in [0.1, 0.15) is 19.3 Å². The van der Waals surface area contributed by atoms with Crippen LogP contribution in [0.5, 0.6) is 0 Å². The van der Waals surface area contributed by atoms with Crippen LogP contribution in [0.15, 0.2) is 33.9 Å². The molecular weight excluding hydrogens is 462 g/mol. The van der Waals surface area contributed by atoms with Gasteiger partial charge < -0.3 is 15.2 Å². The predicted molar refractivity (Wildman–Crippen MR) is 104 cm³/mol. The van der Waals surface area contributed by atoms with Crippen molar-refractivity contribution in [2.75, 3.05) is 19.6 Å². The van der Waals surface area contributed by atoms with Gasteiger partial charge in [-0.05, 0) is 31.4 Å². The first-order chi connectivity index (χ1) is 15.3. The van der Waals surface area contributed by atoms with Crippen LogP contribution in [0, 0.1) is 0 Å². The molecule has 0 aliphatic rings. The first-order valence-corrected chi connectivity index (χ1v) is 9.75. The van der Waals surface area contributed by atoms with Crippen LogP contribution in [0.2, 0.25) is 0 Å². The number of aromatic amines is 1. The maximum absolute atomic E-state index is 12.9. The summed E-state index contributed by atoms with van der Waals surface area (Å²) in [6, 6.07) is 6.18. The van der Waals surface area contributed by atoms with Crippen molar-refractivity contribution in [3.63, 3.8) is 0 Å². The van der Waals surface area contributed by atoms with Gasteiger partial charge in [-0.1, -0.05) is 12.1 Å².